The van der Waals surface area contributed by atoms with Crippen LogP contribution in [0.1, 0.15) is 19.3 Å². The maximum Gasteiger partial charge on any atom is 0.184 e. The van der Waals surface area contributed by atoms with E-state index in [2.05, 4.69) is 10.3 Å². The summed E-state index contributed by atoms with van der Waals surface area (Å²) in [5, 5.41) is 6.78. The first-order valence-corrected chi connectivity index (χ1v) is 6.58. The minimum absolute atomic E-state index is 0.396. The lowest BCUT2D eigenvalue weighted by atomic mass is 10.1. The number of thiazole rings is 1. The second-order valence-electron chi connectivity index (χ2n) is 4.19. The predicted octanol–water partition coefficient (Wildman–Crippen LogP) is 2.78. The maximum absolute atomic E-state index is 5.79. The van der Waals surface area contributed by atoms with E-state index in [9.17, 15) is 0 Å². The number of halogens is 1. The summed E-state index contributed by atoms with van der Waals surface area (Å²) in [6.45, 7) is 0.873. The molecule has 2 fully saturated rings. The summed E-state index contributed by atoms with van der Waals surface area (Å²) >= 11 is 7.35. The fourth-order valence-electron chi connectivity index (χ4n) is 2.13. The van der Waals surface area contributed by atoms with Gasteiger partial charge in [-0.25, -0.2) is 4.98 Å². The minimum atomic E-state index is 0.396. The zero-order valence-electron chi connectivity index (χ0n) is 8.28. The van der Waals surface area contributed by atoms with Gasteiger partial charge in [0, 0.05) is 12.0 Å². The number of anilines is 1. The van der Waals surface area contributed by atoms with Crippen LogP contribution in [0.2, 0.25) is 5.15 Å². The van der Waals surface area contributed by atoms with Gasteiger partial charge in [-0.05, 0) is 25.2 Å². The van der Waals surface area contributed by atoms with Crippen molar-refractivity contribution in [3.63, 3.8) is 0 Å². The molecule has 2 unspecified atom stereocenters. The molecule has 2 heterocycles. The number of rotatable bonds is 3. The molecule has 2 aliphatic rings. The van der Waals surface area contributed by atoms with Gasteiger partial charge in [-0.1, -0.05) is 11.6 Å². The van der Waals surface area contributed by atoms with E-state index in [1.54, 1.807) is 11.3 Å². The van der Waals surface area contributed by atoms with Crippen molar-refractivity contribution < 1.29 is 4.74 Å². The predicted molar refractivity (Wildman–Crippen MR) is 61.6 cm³/mol. The SMILES string of the molecule is Clc1csc(NC2CCOC2C2CC2)n1. The summed E-state index contributed by atoms with van der Waals surface area (Å²) in [5.41, 5.74) is 0. The Labute approximate surface area is 97.8 Å². The highest BCUT2D eigenvalue weighted by atomic mass is 35.5. The number of hydrogen-bond donors (Lipinski definition) is 1. The Morgan fingerprint density at radius 3 is 3.00 bits per heavy atom. The highest BCUT2D eigenvalue weighted by molar-refractivity contribution is 7.14. The summed E-state index contributed by atoms with van der Waals surface area (Å²) in [6.07, 6.45) is 4.12. The van der Waals surface area contributed by atoms with Crippen LogP contribution < -0.4 is 5.32 Å². The molecule has 82 valence electrons. The third-order valence-electron chi connectivity index (χ3n) is 3.01. The average molecular weight is 245 g/mol. The molecule has 3 nitrogen and oxygen atoms in total. The minimum Gasteiger partial charge on any atom is -0.376 e. The van der Waals surface area contributed by atoms with Gasteiger partial charge in [0.15, 0.2) is 5.13 Å². The molecule has 5 heteroatoms. The van der Waals surface area contributed by atoms with Crippen LogP contribution in [0, 0.1) is 5.92 Å². The largest absolute Gasteiger partial charge is 0.376 e. The molecule has 1 saturated heterocycles. The van der Waals surface area contributed by atoms with Gasteiger partial charge in [-0.3, -0.25) is 0 Å². The number of ether oxygens (including phenoxy) is 1. The van der Waals surface area contributed by atoms with Gasteiger partial charge >= 0.3 is 0 Å². The average Bonchev–Trinajstić information content (AvgIpc) is 2.83. The molecule has 2 atom stereocenters. The fraction of sp³-hybridized carbons (Fsp3) is 0.700. The van der Waals surface area contributed by atoms with Gasteiger partial charge in [-0.15, -0.1) is 11.3 Å². The Bertz CT molecular complexity index is 353. The van der Waals surface area contributed by atoms with Crippen LogP contribution in [0.4, 0.5) is 5.13 Å². The van der Waals surface area contributed by atoms with E-state index in [4.69, 9.17) is 16.3 Å². The Morgan fingerprint density at radius 2 is 2.33 bits per heavy atom. The van der Waals surface area contributed by atoms with Crippen LogP contribution in [0.25, 0.3) is 0 Å². The van der Waals surface area contributed by atoms with Crippen molar-refractivity contribution in [3.05, 3.63) is 10.5 Å². The standard InChI is InChI=1S/C10H13ClN2OS/c11-8-5-15-10(13-8)12-7-3-4-14-9(7)6-1-2-6/h5-7,9H,1-4H2,(H,12,13). The lowest BCUT2D eigenvalue weighted by molar-refractivity contribution is 0.0898. The smallest absolute Gasteiger partial charge is 0.184 e. The van der Waals surface area contributed by atoms with Crippen LogP contribution in [0.5, 0.6) is 0 Å². The number of nitrogens with one attached hydrogen (secondary N) is 1. The molecule has 0 amide bonds. The van der Waals surface area contributed by atoms with Crippen molar-refractivity contribution in [1.29, 1.82) is 0 Å². The van der Waals surface area contributed by atoms with Crippen LogP contribution in [0.15, 0.2) is 5.38 Å². The van der Waals surface area contributed by atoms with Crippen LogP contribution in [-0.4, -0.2) is 23.7 Å². The van der Waals surface area contributed by atoms with Gasteiger partial charge in [0.1, 0.15) is 5.15 Å². The van der Waals surface area contributed by atoms with E-state index < -0.39 is 0 Å². The molecular formula is C10H13ClN2OS. The first-order valence-electron chi connectivity index (χ1n) is 5.32. The Hall–Kier alpha value is -0.320. The van der Waals surface area contributed by atoms with Crippen molar-refractivity contribution in [2.75, 3.05) is 11.9 Å². The van der Waals surface area contributed by atoms with Crippen molar-refractivity contribution in [2.24, 2.45) is 5.92 Å². The highest BCUT2D eigenvalue weighted by Crippen LogP contribution is 2.39. The quantitative estimate of drug-likeness (QED) is 0.888. The fourth-order valence-corrected chi connectivity index (χ4v) is 3.03. The van der Waals surface area contributed by atoms with Crippen LogP contribution in [0.3, 0.4) is 0 Å². The Morgan fingerprint density at radius 1 is 1.47 bits per heavy atom. The number of hydrogen-bond acceptors (Lipinski definition) is 4. The zero-order valence-corrected chi connectivity index (χ0v) is 9.85. The first-order chi connectivity index (χ1) is 7.33. The normalized spacial score (nSPS) is 30.7. The topological polar surface area (TPSA) is 34.1 Å². The van der Waals surface area contributed by atoms with Crippen molar-refractivity contribution in [2.45, 2.75) is 31.4 Å². The summed E-state index contributed by atoms with van der Waals surface area (Å²) in [7, 11) is 0. The summed E-state index contributed by atoms with van der Waals surface area (Å²) < 4.78 is 5.75. The van der Waals surface area contributed by atoms with Crippen LogP contribution >= 0.6 is 22.9 Å². The van der Waals surface area contributed by atoms with Crippen molar-refractivity contribution in [1.82, 2.24) is 4.98 Å². The lowest BCUT2D eigenvalue weighted by Gasteiger charge is -2.18. The molecule has 1 aliphatic heterocycles. The highest BCUT2D eigenvalue weighted by Gasteiger charge is 2.40. The molecule has 1 aromatic heterocycles. The molecular weight excluding hydrogens is 232 g/mol. The van der Waals surface area contributed by atoms with Gasteiger partial charge in [0.05, 0.1) is 12.1 Å². The number of aromatic nitrogens is 1. The summed E-state index contributed by atoms with van der Waals surface area (Å²) in [4.78, 5) is 4.21. The third kappa shape index (κ3) is 2.12. The number of nitrogens with zero attached hydrogens (tertiary/aromatic N) is 1. The van der Waals surface area contributed by atoms with E-state index in [0.717, 1.165) is 24.1 Å². The second kappa shape index (κ2) is 3.92. The van der Waals surface area contributed by atoms with Gasteiger partial charge in [0.25, 0.3) is 0 Å². The molecule has 0 radical (unpaired) electrons. The maximum atomic E-state index is 5.79. The summed E-state index contributed by atoms with van der Waals surface area (Å²) in [6, 6.07) is 0.430. The first kappa shape index (κ1) is 9.87. The molecule has 1 saturated carbocycles. The monoisotopic (exact) mass is 244 g/mol. The van der Waals surface area contributed by atoms with Crippen molar-refractivity contribution >= 4 is 28.1 Å². The summed E-state index contributed by atoms with van der Waals surface area (Å²) in [5.74, 6) is 0.778. The van der Waals surface area contributed by atoms with Gasteiger partial charge in [-0.2, -0.15) is 0 Å². The second-order valence-corrected chi connectivity index (χ2v) is 5.43. The van der Waals surface area contributed by atoms with E-state index in [1.807, 2.05) is 5.38 Å². The van der Waals surface area contributed by atoms with Gasteiger partial charge < -0.3 is 10.1 Å². The molecule has 1 aliphatic carbocycles. The molecule has 0 bridgehead atoms. The van der Waals surface area contributed by atoms with Crippen LogP contribution in [-0.2, 0) is 4.74 Å². The van der Waals surface area contributed by atoms with Gasteiger partial charge in [0.2, 0.25) is 0 Å². The van der Waals surface area contributed by atoms with E-state index in [-0.39, 0.29) is 0 Å². The van der Waals surface area contributed by atoms with E-state index in [0.29, 0.717) is 17.3 Å². The third-order valence-corrected chi connectivity index (χ3v) is 4.10. The Kier molecular flexibility index (Phi) is 2.58. The van der Waals surface area contributed by atoms with Crippen molar-refractivity contribution in [3.8, 4) is 0 Å². The molecule has 1 aromatic rings. The molecule has 0 spiro atoms. The van der Waals surface area contributed by atoms with E-state index in [1.165, 1.54) is 12.8 Å². The molecule has 0 aromatic carbocycles. The zero-order chi connectivity index (χ0) is 10.3. The lowest BCUT2D eigenvalue weighted by Crippen LogP contribution is -2.30. The molecule has 3 rings (SSSR count). The molecule has 15 heavy (non-hydrogen) atoms. The van der Waals surface area contributed by atoms with E-state index >= 15 is 0 Å². The Balaban J connectivity index is 1.66. The molecule has 1 N–H and O–H groups in total.